The Balaban J connectivity index is 1.39. The molecule has 3 N–H and O–H groups in total. The Morgan fingerprint density at radius 1 is 0.939 bits per heavy atom. The molecule has 2 aliphatic rings. The predicted octanol–water partition coefficient (Wildman–Crippen LogP) is 4.15. The molecule has 1 aromatic heterocycles. The number of hydrogen-bond acceptors (Lipinski definition) is 8. The lowest BCUT2D eigenvalue weighted by Crippen LogP contribution is -2.59. The molecule has 3 heterocycles. The summed E-state index contributed by atoms with van der Waals surface area (Å²) in [6.07, 6.45) is 1.55. The molecule has 13 nitrogen and oxygen atoms in total. The first-order valence-corrected chi connectivity index (χ1v) is 16.3. The van der Waals surface area contributed by atoms with Crippen LogP contribution in [0.2, 0.25) is 0 Å². The zero-order valence-corrected chi connectivity index (χ0v) is 27.8. The van der Waals surface area contributed by atoms with E-state index in [2.05, 4.69) is 5.32 Å². The highest BCUT2D eigenvalue weighted by atomic mass is 19.1. The molecule has 0 radical (unpaired) electrons. The Kier molecular flexibility index (Phi) is 9.85. The molecule has 2 saturated heterocycles. The van der Waals surface area contributed by atoms with E-state index in [-0.39, 0.29) is 17.6 Å². The molecule has 1 atom stereocenters. The number of nitrogens with one attached hydrogen (secondary N) is 1. The highest BCUT2D eigenvalue weighted by molar-refractivity contribution is 6.03. The summed E-state index contributed by atoms with van der Waals surface area (Å²) in [6.45, 7) is 4.56. The number of urea groups is 2. The van der Waals surface area contributed by atoms with Crippen LogP contribution in [0.15, 0.2) is 71.5 Å². The Morgan fingerprint density at radius 3 is 2.29 bits per heavy atom. The predicted molar refractivity (Wildman–Crippen MR) is 186 cm³/mol. The molecule has 2 fully saturated rings. The van der Waals surface area contributed by atoms with E-state index in [1.165, 1.54) is 48.1 Å². The second-order valence-corrected chi connectivity index (χ2v) is 12.2. The van der Waals surface area contributed by atoms with Gasteiger partial charge in [-0.25, -0.2) is 23.6 Å². The van der Waals surface area contributed by atoms with Crippen LogP contribution in [0.1, 0.15) is 31.6 Å². The quantitative estimate of drug-likeness (QED) is 0.299. The van der Waals surface area contributed by atoms with Crippen molar-refractivity contribution in [3.63, 3.8) is 0 Å². The van der Waals surface area contributed by atoms with Gasteiger partial charge in [0.05, 0.1) is 49.9 Å². The number of hydrogen-bond donors (Lipinski definition) is 2. The van der Waals surface area contributed by atoms with E-state index in [9.17, 15) is 18.8 Å². The van der Waals surface area contributed by atoms with Crippen molar-refractivity contribution < 1.29 is 23.5 Å². The number of anilines is 2. The van der Waals surface area contributed by atoms with Gasteiger partial charge in [0.25, 0.3) is 5.56 Å². The molecule has 6 rings (SSSR count). The van der Waals surface area contributed by atoms with Crippen LogP contribution in [0.25, 0.3) is 10.9 Å². The fourth-order valence-corrected chi connectivity index (χ4v) is 6.37. The number of likely N-dealkylation sites (tertiary alicyclic amines) is 1. The SMILES string of the molecule is COc1ccc(N(C(=O)Nc2ccc(F)cc2)C(C)c2nc3ccccc3c(=O)n2N2CCN(C(=O)N3CCC(N)CC3)CC2)c(OC)c1. The number of para-hydroxylation sites is 1. The Bertz CT molecular complexity index is 1870. The number of carbonyl (C=O) groups excluding carboxylic acids is 2. The molecule has 49 heavy (non-hydrogen) atoms. The molecule has 0 aliphatic carbocycles. The lowest BCUT2D eigenvalue weighted by molar-refractivity contribution is 0.135. The number of carbonyl (C=O) groups is 2. The van der Waals surface area contributed by atoms with Gasteiger partial charge in [0.2, 0.25) is 0 Å². The van der Waals surface area contributed by atoms with E-state index in [4.69, 9.17) is 20.2 Å². The third-order valence-electron chi connectivity index (χ3n) is 9.12. The standard InChI is InChI=1S/C35H41FN8O5/c1-23(43(30-13-12-27(48-2)22-31(30)49-3)34(46)38-26-10-8-24(36)9-11-26)32-39-29-7-5-4-6-28(29)33(45)44(32)42-20-18-41(19-21-42)35(47)40-16-14-25(37)15-17-40/h4-13,22-23,25H,14-21,37H2,1-3H3,(H,38,46). The van der Waals surface area contributed by atoms with Gasteiger partial charge in [-0.1, -0.05) is 12.1 Å². The van der Waals surface area contributed by atoms with Crippen molar-refractivity contribution in [3.8, 4) is 11.5 Å². The number of piperazine rings is 1. The van der Waals surface area contributed by atoms with Gasteiger partial charge in [0.15, 0.2) is 5.82 Å². The molecule has 1 unspecified atom stereocenters. The third kappa shape index (κ3) is 6.95. The Hall–Kier alpha value is -5.37. The molecular formula is C35H41FN8O5. The topological polar surface area (TPSA) is 138 Å². The first-order valence-electron chi connectivity index (χ1n) is 16.3. The number of amides is 4. The largest absolute Gasteiger partial charge is 0.497 e. The van der Waals surface area contributed by atoms with Gasteiger partial charge in [0.1, 0.15) is 17.3 Å². The minimum atomic E-state index is -0.836. The Morgan fingerprint density at radius 2 is 1.61 bits per heavy atom. The summed E-state index contributed by atoms with van der Waals surface area (Å²) in [5, 5.41) is 5.15. The van der Waals surface area contributed by atoms with Crippen LogP contribution in [0.3, 0.4) is 0 Å². The van der Waals surface area contributed by atoms with Crippen molar-refractivity contribution in [2.75, 3.05) is 68.7 Å². The lowest BCUT2D eigenvalue weighted by Gasteiger charge is -2.41. The van der Waals surface area contributed by atoms with Crippen LogP contribution >= 0.6 is 0 Å². The molecular weight excluding hydrogens is 631 g/mol. The van der Waals surface area contributed by atoms with Gasteiger partial charge in [-0.3, -0.25) is 9.69 Å². The van der Waals surface area contributed by atoms with Gasteiger partial charge >= 0.3 is 12.1 Å². The lowest BCUT2D eigenvalue weighted by atomic mass is 10.1. The zero-order chi connectivity index (χ0) is 34.7. The number of benzene rings is 3. The maximum Gasteiger partial charge on any atom is 0.327 e. The number of fused-ring (bicyclic) bond motifs is 1. The number of nitrogens with two attached hydrogens (primary N) is 1. The highest BCUT2D eigenvalue weighted by Gasteiger charge is 2.34. The van der Waals surface area contributed by atoms with E-state index >= 15 is 0 Å². The second kappa shape index (κ2) is 14.4. The number of nitrogens with zero attached hydrogens (tertiary/aromatic N) is 6. The highest BCUT2D eigenvalue weighted by Crippen LogP contribution is 2.37. The summed E-state index contributed by atoms with van der Waals surface area (Å²) in [4.78, 5) is 51.9. The number of halogens is 1. The first kappa shape index (κ1) is 33.5. The van der Waals surface area contributed by atoms with E-state index in [1.807, 2.05) is 9.91 Å². The van der Waals surface area contributed by atoms with Crippen molar-refractivity contribution in [2.24, 2.45) is 5.73 Å². The minimum absolute atomic E-state index is 0.0284. The van der Waals surface area contributed by atoms with Crippen LogP contribution < -0.4 is 36.0 Å². The minimum Gasteiger partial charge on any atom is -0.497 e. The molecule has 0 spiro atoms. The van der Waals surface area contributed by atoms with E-state index < -0.39 is 17.9 Å². The van der Waals surface area contributed by atoms with Gasteiger partial charge in [0, 0.05) is 44.0 Å². The number of aromatic nitrogens is 2. The second-order valence-electron chi connectivity index (χ2n) is 12.2. The third-order valence-corrected chi connectivity index (χ3v) is 9.12. The fourth-order valence-electron chi connectivity index (χ4n) is 6.37. The molecule has 0 saturated carbocycles. The molecule has 0 bridgehead atoms. The fraction of sp³-hybridized carbons (Fsp3) is 0.371. The zero-order valence-electron chi connectivity index (χ0n) is 27.8. The van der Waals surface area contributed by atoms with Gasteiger partial charge in [-0.2, -0.15) is 0 Å². The average Bonchev–Trinajstić information content (AvgIpc) is 3.13. The maximum atomic E-state index is 14.3. The van der Waals surface area contributed by atoms with Crippen molar-refractivity contribution in [1.29, 1.82) is 0 Å². The van der Waals surface area contributed by atoms with Gasteiger partial charge in [-0.15, -0.1) is 0 Å². The van der Waals surface area contributed by atoms with E-state index in [1.54, 1.807) is 54.3 Å². The van der Waals surface area contributed by atoms with Crippen molar-refractivity contribution in [3.05, 3.63) is 88.7 Å². The van der Waals surface area contributed by atoms with Crippen molar-refractivity contribution in [1.82, 2.24) is 19.5 Å². The number of rotatable bonds is 7. The number of ether oxygens (including phenoxy) is 2. The van der Waals surface area contributed by atoms with Crippen molar-refractivity contribution in [2.45, 2.75) is 31.8 Å². The summed E-state index contributed by atoms with van der Waals surface area (Å²) in [6, 6.07) is 16.3. The molecule has 14 heteroatoms. The van der Waals surface area contributed by atoms with Crippen molar-refractivity contribution >= 4 is 34.3 Å². The van der Waals surface area contributed by atoms with Gasteiger partial charge < -0.3 is 35.3 Å². The molecule has 2 aliphatic heterocycles. The van der Waals surface area contributed by atoms with Gasteiger partial charge in [-0.05, 0) is 68.3 Å². The Labute approximate surface area is 283 Å². The molecule has 258 valence electrons. The van der Waals surface area contributed by atoms with E-state index in [0.29, 0.717) is 78.9 Å². The summed E-state index contributed by atoms with van der Waals surface area (Å²) in [5.74, 6) is 0.737. The van der Waals surface area contributed by atoms with Crippen LogP contribution in [0, 0.1) is 5.82 Å². The smallest absolute Gasteiger partial charge is 0.327 e. The van der Waals surface area contributed by atoms with Crippen LogP contribution in [-0.2, 0) is 0 Å². The van der Waals surface area contributed by atoms with E-state index in [0.717, 1.165) is 12.8 Å². The van der Waals surface area contributed by atoms with Crippen LogP contribution in [0.5, 0.6) is 11.5 Å². The monoisotopic (exact) mass is 672 g/mol. The molecule has 3 aromatic carbocycles. The number of piperidine rings is 1. The first-order chi connectivity index (χ1) is 23.7. The summed E-state index contributed by atoms with van der Waals surface area (Å²) >= 11 is 0. The normalized spacial score (nSPS) is 16.0. The van der Waals surface area contributed by atoms with Crippen LogP contribution in [-0.4, -0.2) is 91.1 Å². The number of methoxy groups -OCH3 is 2. The maximum absolute atomic E-state index is 14.3. The molecule has 4 aromatic rings. The summed E-state index contributed by atoms with van der Waals surface area (Å²) in [5.41, 5.74) is 6.99. The summed E-state index contributed by atoms with van der Waals surface area (Å²) in [7, 11) is 3.02. The summed E-state index contributed by atoms with van der Waals surface area (Å²) < 4.78 is 26.3. The molecule has 4 amide bonds. The van der Waals surface area contributed by atoms with Crippen LogP contribution in [0.4, 0.5) is 25.4 Å². The average molecular weight is 673 g/mol.